The number of ether oxygens (including phenoxy) is 1. The summed E-state index contributed by atoms with van der Waals surface area (Å²) in [6.07, 6.45) is 4.96. The van der Waals surface area contributed by atoms with Gasteiger partial charge in [-0.3, -0.25) is 4.98 Å². The van der Waals surface area contributed by atoms with E-state index >= 15 is 0 Å². The fourth-order valence-corrected chi connectivity index (χ4v) is 2.68. The van der Waals surface area contributed by atoms with Crippen molar-refractivity contribution in [3.8, 4) is 23.2 Å². The molecule has 4 rings (SSSR count). The third kappa shape index (κ3) is 3.19. The maximum Gasteiger partial charge on any atom is 0.325 e. The van der Waals surface area contributed by atoms with Crippen molar-refractivity contribution in [2.75, 3.05) is 0 Å². The van der Waals surface area contributed by atoms with Crippen LogP contribution in [0.5, 0.6) is 11.8 Å². The molecular weight excluding hydrogens is 316 g/mol. The Balaban J connectivity index is 1.69. The zero-order valence-electron chi connectivity index (χ0n) is 14.1. The summed E-state index contributed by atoms with van der Waals surface area (Å²) in [6, 6.07) is 8.22. The Kier molecular flexibility index (Phi) is 3.65. The molecule has 4 aromatic rings. The zero-order chi connectivity index (χ0) is 17.4. The molecule has 1 aromatic carbocycles. The molecule has 0 spiro atoms. The summed E-state index contributed by atoms with van der Waals surface area (Å²) < 4.78 is 11.5. The third-order valence-electron chi connectivity index (χ3n) is 3.66. The minimum absolute atomic E-state index is 0.197. The summed E-state index contributed by atoms with van der Waals surface area (Å²) in [4.78, 5) is 17.0. The van der Waals surface area contributed by atoms with Gasteiger partial charge in [0.25, 0.3) is 5.71 Å². The van der Waals surface area contributed by atoms with E-state index in [0.717, 1.165) is 22.3 Å². The number of pyridine rings is 1. The van der Waals surface area contributed by atoms with E-state index in [1.807, 2.05) is 39.0 Å². The number of rotatable bonds is 3. The van der Waals surface area contributed by atoms with E-state index < -0.39 is 0 Å². The van der Waals surface area contributed by atoms with Crippen LogP contribution in [0, 0.1) is 20.8 Å². The van der Waals surface area contributed by atoms with E-state index in [9.17, 15) is 0 Å². The summed E-state index contributed by atoms with van der Waals surface area (Å²) in [7, 11) is 0. The minimum atomic E-state index is 0.197. The zero-order valence-corrected chi connectivity index (χ0v) is 14.1. The molecule has 0 saturated heterocycles. The second kappa shape index (κ2) is 5.98. The standard InChI is InChI=1S/C19H16N4O2/c1-11-4-12(2)6-14(5-11)17-22-16-10-21-19(23-18(16)25-17)24-15-7-13(3)8-20-9-15/h4-10H,1-3H3. The molecule has 0 bridgehead atoms. The molecule has 0 aliphatic carbocycles. The normalized spacial score (nSPS) is 11.0. The van der Waals surface area contributed by atoms with Gasteiger partial charge < -0.3 is 9.15 Å². The fraction of sp³-hybridized carbons (Fsp3) is 0.158. The summed E-state index contributed by atoms with van der Waals surface area (Å²) in [5.74, 6) is 1.10. The summed E-state index contributed by atoms with van der Waals surface area (Å²) >= 11 is 0. The lowest BCUT2D eigenvalue weighted by molar-refractivity contribution is 0.438. The number of benzene rings is 1. The maximum absolute atomic E-state index is 5.81. The van der Waals surface area contributed by atoms with Crippen molar-refractivity contribution in [3.63, 3.8) is 0 Å². The number of nitrogens with zero attached hydrogens (tertiary/aromatic N) is 4. The van der Waals surface area contributed by atoms with Crippen LogP contribution in [0.1, 0.15) is 16.7 Å². The molecule has 0 unspecified atom stereocenters. The Morgan fingerprint density at radius 3 is 2.40 bits per heavy atom. The van der Waals surface area contributed by atoms with Gasteiger partial charge in [0, 0.05) is 11.8 Å². The molecule has 6 heteroatoms. The van der Waals surface area contributed by atoms with Crippen LogP contribution in [-0.2, 0) is 0 Å². The quantitative estimate of drug-likeness (QED) is 0.553. The number of aryl methyl sites for hydroxylation is 3. The maximum atomic E-state index is 5.81. The van der Waals surface area contributed by atoms with Crippen molar-refractivity contribution < 1.29 is 9.15 Å². The fourth-order valence-electron chi connectivity index (χ4n) is 2.68. The second-order valence-electron chi connectivity index (χ2n) is 6.04. The summed E-state index contributed by atoms with van der Waals surface area (Å²) in [6.45, 7) is 6.03. The Morgan fingerprint density at radius 1 is 0.840 bits per heavy atom. The Labute approximate surface area is 144 Å². The molecule has 3 aromatic heterocycles. The van der Waals surface area contributed by atoms with Crippen molar-refractivity contribution in [1.29, 1.82) is 0 Å². The highest BCUT2D eigenvalue weighted by atomic mass is 16.5. The lowest BCUT2D eigenvalue weighted by Crippen LogP contribution is -1.92. The van der Waals surface area contributed by atoms with Crippen LogP contribution in [-0.4, -0.2) is 19.9 Å². The molecule has 124 valence electrons. The highest BCUT2D eigenvalue weighted by molar-refractivity contribution is 5.72. The van der Waals surface area contributed by atoms with Gasteiger partial charge in [0.2, 0.25) is 5.89 Å². The third-order valence-corrected chi connectivity index (χ3v) is 3.66. The van der Waals surface area contributed by atoms with Crippen molar-refractivity contribution in [1.82, 2.24) is 19.9 Å². The average Bonchev–Trinajstić information content (AvgIpc) is 2.97. The van der Waals surface area contributed by atoms with Crippen molar-refractivity contribution in [3.05, 3.63) is 59.5 Å². The van der Waals surface area contributed by atoms with Crippen LogP contribution in [0.2, 0.25) is 0 Å². The molecule has 0 aliphatic heterocycles. The van der Waals surface area contributed by atoms with Crippen molar-refractivity contribution in [2.45, 2.75) is 20.8 Å². The lowest BCUT2D eigenvalue weighted by atomic mass is 10.1. The van der Waals surface area contributed by atoms with Gasteiger partial charge in [0.15, 0.2) is 0 Å². The highest BCUT2D eigenvalue weighted by Crippen LogP contribution is 2.26. The number of aromatic nitrogens is 4. The molecule has 25 heavy (non-hydrogen) atoms. The molecule has 0 radical (unpaired) electrons. The Morgan fingerprint density at radius 2 is 1.64 bits per heavy atom. The number of oxazole rings is 1. The SMILES string of the molecule is Cc1cncc(Oc2ncc3nc(-c4cc(C)cc(C)c4)oc3n2)c1. The summed E-state index contributed by atoms with van der Waals surface area (Å²) in [5.41, 5.74) is 5.19. The van der Waals surface area contributed by atoms with E-state index in [0.29, 0.717) is 22.9 Å². The molecule has 0 aliphatic rings. The topological polar surface area (TPSA) is 73.9 Å². The van der Waals surface area contributed by atoms with Gasteiger partial charge in [-0.1, -0.05) is 17.2 Å². The first-order valence-corrected chi connectivity index (χ1v) is 7.88. The second-order valence-corrected chi connectivity index (χ2v) is 6.04. The average molecular weight is 332 g/mol. The number of hydrogen-bond acceptors (Lipinski definition) is 6. The van der Waals surface area contributed by atoms with Gasteiger partial charge in [-0.25, -0.2) is 9.97 Å². The number of hydrogen-bond donors (Lipinski definition) is 0. The van der Waals surface area contributed by atoms with Gasteiger partial charge in [0.1, 0.15) is 11.3 Å². The predicted molar refractivity (Wildman–Crippen MR) is 93.6 cm³/mol. The summed E-state index contributed by atoms with van der Waals surface area (Å²) in [5, 5.41) is 0. The monoisotopic (exact) mass is 332 g/mol. The van der Waals surface area contributed by atoms with E-state index in [1.54, 1.807) is 18.6 Å². The van der Waals surface area contributed by atoms with E-state index in [4.69, 9.17) is 9.15 Å². The minimum Gasteiger partial charge on any atom is -0.423 e. The molecule has 0 N–H and O–H groups in total. The molecule has 0 saturated carbocycles. The van der Waals surface area contributed by atoms with Gasteiger partial charge in [0.05, 0.1) is 12.4 Å². The molecule has 0 atom stereocenters. The van der Waals surface area contributed by atoms with Gasteiger partial charge in [-0.2, -0.15) is 4.98 Å². The predicted octanol–water partition coefficient (Wildman–Crippen LogP) is 4.40. The van der Waals surface area contributed by atoms with E-state index in [1.165, 1.54) is 0 Å². The smallest absolute Gasteiger partial charge is 0.325 e. The molecule has 0 amide bonds. The van der Waals surface area contributed by atoms with Crippen LogP contribution in [0.15, 0.2) is 47.3 Å². The molecule has 3 heterocycles. The van der Waals surface area contributed by atoms with Crippen molar-refractivity contribution in [2.24, 2.45) is 0 Å². The molecule has 0 fully saturated rings. The molecular formula is C19H16N4O2. The first kappa shape index (κ1) is 15.3. The van der Waals surface area contributed by atoms with Crippen LogP contribution in [0.3, 0.4) is 0 Å². The van der Waals surface area contributed by atoms with Gasteiger partial charge in [-0.05, 0) is 44.5 Å². The van der Waals surface area contributed by atoms with Crippen LogP contribution < -0.4 is 4.74 Å². The van der Waals surface area contributed by atoms with Crippen LogP contribution >= 0.6 is 0 Å². The molecule has 6 nitrogen and oxygen atoms in total. The van der Waals surface area contributed by atoms with E-state index in [-0.39, 0.29) is 6.01 Å². The van der Waals surface area contributed by atoms with Crippen LogP contribution in [0.4, 0.5) is 0 Å². The van der Waals surface area contributed by atoms with Crippen LogP contribution in [0.25, 0.3) is 22.7 Å². The number of fused-ring (bicyclic) bond motifs is 1. The van der Waals surface area contributed by atoms with Gasteiger partial charge >= 0.3 is 6.01 Å². The highest BCUT2D eigenvalue weighted by Gasteiger charge is 2.12. The first-order chi connectivity index (χ1) is 12.1. The van der Waals surface area contributed by atoms with E-state index in [2.05, 4.69) is 26.0 Å². The van der Waals surface area contributed by atoms with Crippen molar-refractivity contribution >= 4 is 11.2 Å². The first-order valence-electron chi connectivity index (χ1n) is 7.88. The Bertz CT molecular complexity index is 1050. The largest absolute Gasteiger partial charge is 0.423 e. The lowest BCUT2D eigenvalue weighted by Gasteiger charge is -2.02. The van der Waals surface area contributed by atoms with Gasteiger partial charge in [-0.15, -0.1) is 0 Å². The Hall–Kier alpha value is -3.28.